The Morgan fingerprint density at radius 3 is 2.53 bits per heavy atom. The zero-order valence-corrected chi connectivity index (χ0v) is 10.9. The zero-order valence-electron chi connectivity index (χ0n) is 10.9. The second-order valence-corrected chi connectivity index (χ2v) is 4.51. The molecule has 1 amide bonds. The lowest BCUT2D eigenvalue weighted by molar-refractivity contribution is 0.0679. The lowest BCUT2D eigenvalue weighted by atomic mass is 10.1. The Kier molecular flexibility index (Phi) is 3.79. The Morgan fingerprint density at radius 2 is 2.00 bits per heavy atom. The molecule has 0 fully saturated rings. The highest BCUT2D eigenvalue weighted by Gasteiger charge is 2.24. The fourth-order valence-electron chi connectivity index (χ4n) is 1.75. The van der Waals surface area contributed by atoms with Crippen LogP contribution in [0.2, 0.25) is 0 Å². The van der Waals surface area contributed by atoms with E-state index >= 15 is 0 Å². The molecule has 0 spiro atoms. The van der Waals surface area contributed by atoms with Gasteiger partial charge in [0.2, 0.25) is 11.5 Å². The number of carbonyl (C=O) groups excluding carboxylic acids is 1. The molecule has 0 atom stereocenters. The summed E-state index contributed by atoms with van der Waals surface area (Å²) in [4.78, 5) is 14.0. The van der Waals surface area contributed by atoms with Crippen LogP contribution in [-0.2, 0) is 6.54 Å². The van der Waals surface area contributed by atoms with Crippen LogP contribution < -0.4 is 5.73 Å². The van der Waals surface area contributed by atoms with Crippen molar-refractivity contribution in [2.45, 2.75) is 26.4 Å². The number of nitrogen functional groups attached to an aromatic ring is 1. The molecule has 0 saturated carbocycles. The van der Waals surface area contributed by atoms with Crippen molar-refractivity contribution in [1.82, 2.24) is 15.2 Å². The molecule has 1 aromatic heterocycles. The molecule has 100 valence electrons. The maximum Gasteiger partial charge on any atom is 0.280 e. The SMILES string of the molecule is CC(C)N(Cc1ccccc1)C(=O)c1nonc1N. The van der Waals surface area contributed by atoms with Crippen LogP contribution in [0, 0.1) is 0 Å². The third kappa shape index (κ3) is 2.90. The number of carbonyl (C=O) groups is 1. The van der Waals surface area contributed by atoms with Gasteiger partial charge in [0.05, 0.1) is 0 Å². The smallest absolute Gasteiger partial charge is 0.280 e. The Labute approximate surface area is 111 Å². The lowest BCUT2D eigenvalue weighted by Gasteiger charge is -2.25. The summed E-state index contributed by atoms with van der Waals surface area (Å²) in [5.74, 6) is -0.263. The molecule has 0 aliphatic carbocycles. The van der Waals surface area contributed by atoms with Gasteiger partial charge in [-0.15, -0.1) is 0 Å². The molecular weight excluding hydrogens is 244 g/mol. The van der Waals surface area contributed by atoms with Gasteiger partial charge >= 0.3 is 0 Å². The second kappa shape index (κ2) is 5.51. The van der Waals surface area contributed by atoms with Crippen molar-refractivity contribution in [3.8, 4) is 0 Å². The van der Waals surface area contributed by atoms with Crippen molar-refractivity contribution in [3.05, 3.63) is 41.6 Å². The number of hydrogen-bond donors (Lipinski definition) is 1. The van der Waals surface area contributed by atoms with Gasteiger partial charge in [0.25, 0.3) is 5.91 Å². The quantitative estimate of drug-likeness (QED) is 0.904. The summed E-state index contributed by atoms with van der Waals surface area (Å²) >= 11 is 0. The third-order valence-corrected chi connectivity index (χ3v) is 2.80. The van der Waals surface area contributed by atoms with Gasteiger partial charge in [-0.25, -0.2) is 4.63 Å². The van der Waals surface area contributed by atoms with Crippen LogP contribution in [0.15, 0.2) is 35.0 Å². The molecule has 0 aliphatic heterocycles. The molecule has 0 radical (unpaired) electrons. The van der Waals surface area contributed by atoms with E-state index in [1.807, 2.05) is 44.2 Å². The number of benzene rings is 1. The van der Waals surface area contributed by atoms with Crippen molar-refractivity contribution in [2.75, 3.05) is 5.73 Å². The molecule has 0 saturated heterocycles. The van der Waals surface area contributed by atoms with E-state index in [2.05, 4.69) is 14.9 Å². The molecule has 0 unspecified atom stereocenters. The average Bonchev–Trinajstić information content (AvgIpc) is 2.82. The first-order valence-corrected chi connectivity index (χ1v) is 6.02. The van der Waals surface area contributed by atoms with Crippen LogP contribution in [0.25, 0.3) is 0 Å². The van der Waals surface area contributed by atoms with E-state index in [4.69, 9.17) is 5.73 Å². The molecule has 1 heterocycles. The van der Waals surface area contributed by atoms with Gasteiger partial charge in [0, 0.05) is 12.6 Å². The van der Waals surface area contributed by atoms with E-state index in [1.54, 1.807) is 4.90 Å². The molecule has 2 aromatic rings. The van der Waals surface area contributed by atoms with Crippen molar-refractivity contribution < 1.29 is 9.42 Å². The number of nitrogens with two attached hydrogens (primary N) is 1. The van der Waals surface area contributed by atoms with E-state index in [-0.39, 0.29) is 23.5 Å². The van der Waals surface area contributed by atoms with Crippen LogP contribution in [0.1, 0.15) is 29.9 Å². The highest BCUT2D eigenvalue weighted by molar-refractivity contribution is 5.96. The van der Waals surface area contributed by atoms with Gasteiger partial charge in [-0.1, -0.05) is 30.3 Å². The minimum atomic E-state index is -0.280. The normalized spacial score (nSPS) is 10.7. The average molecular weight is 260 g/mol. The topological polar surface area (TPSA) is 85.2 Å². The van der Waals surface area contributed by atoms with Crippen LogP contribution in [0.5, 0.6) is 0 Å². The fraction of sp³-hybridized carbons (Fsp3) is 0.308. The van der Waals surface area contributed by atoms with Gasteiger partial charge in [0.15, 0.2) is 0 Å². The Balaban J connectivity index is 2.22. The van der Waals surface area contributed by atoms with E-state index in [0.717, 1.165) is 5.56 Å². The zero-order chi connectivity index (χ0) is 13.8. The summed E-state index contributed by atoms with van der Waals surface area (Å²) in [5, 5.41) is 6.99. The van der Waals surface area contributed by atoms with E-state index < -0.39 is 0 Å². The standard InChI is InChI=1S/C13H16N4O2/c1-9(2)17(8-10-6-4-3-5-7-10)13(18)11-12(14)16-19-15-11/h3-7,9H,8H2,1-2H3,(H2,14,16). The summed E-state index contributed by atoms with van der Waals surface area (Å²) in [5.41, 5.74) is 6.66. The Hall–Kier alpha value is -2.37. The summed E-state index contributed by atoms with van der Waals surface area (Å²) in [6.07, 6.45) is 0. The maximum absolute atomic E-state index is 12.4. The van der Waals surface area contributed by atoms with Crippen molar-refractivity contribution in [2.24, 2.45) is 0 Å². The minimum Gasteiger partial charge on any atom is -0.379 e. The number of anilines is 1. The largest absolute Gasteiger partial charge is 0.379 e. The van der Waals surface area contributed by atoms with Gasteiger partial charge in [-0.05, 0) is 29.7 Å². The van der Waals surface area contributed by atoms with Crippen molar-refractivity contribution in [3.63, 3.8) is 0 Å². The molecule has 0 bridgehead atoms. The molecule has 6 nitrogen and oxygen atoms in total. The predicted molar refractivity (Wildman–Crippen MR) is 70.2 cm³/mol. The second-order valence-electron chi connectivity index (χ2n) is 4.51. The van der Waals surface area contributed by atoms with E-state index in [9.17, 15) is 4.79 Å². The molecule has 2 N–H and O–H groups in total. The molecule has 6 heteroatoms. The number of amides is 1. The molecule has 2 rings (SSSR count). The highest BCUT2D eigenvalue weighted by atomic mass is 16.6. The molecule has 0 aliphatic rings. The van der Waals surface area contributed by atoms with Gasteiger partial charge < -0.3 is 10.6 Å². The van der Waals surface area contributed by atoms with Crippen LogP contribution in [0.3, 0.4) is 0 Å². The van der Waals surface area contributed by atoms with Crippen LogP contribution >= 0.6 is 0 Å². The van der Waals surface area contributed by atoms with Gasteiger partial charge in [-0.3, -0.25) is 4.79 Å². The summed E-state index contributed by atoms with van der Waals surface area (Å²) in [6, 6.07) is 9.75. The van der Waals surface area contributed by atoms with Gasteiger partial charge in [0.1, 0.15) is 0 Å². The van der Waals surface area contributed by atoms with E-state index in [0.29, 0.717) is 6.54 Å². The Morgan fingerprint density at radius 1 is 1.32 bits per heavy atom. The molecular formula is C13H16N4O2. The number of rotatable bonds is 4. The number of aromatic nitrogens is 2. The first-order valence-electron chi connectivity index (χ1n) is 6.02. The number of hydrogen-bond acceptors (Lipinski definition) is 5. The van der Waals surface area contributed by atoms with Gasteiger partial charge in [-0.2, -0.15) is 0 Å². The highest BCUT2D eigenvalue weighted by Crippen LogP contribution is 2.14. The first kappa shape index (κ1) is 13.1. The van der Waals surface area contributed by atoms with Crippen LogP contribution in [-0.4, -0.2) is 27.2 Å². The maximum atomic E-state index is 12.4. The fourth-order valence-corrected chi connectivity index (χ4v) is 1.75. The monoisotopic (exact) mass is 260 g/mol. The van der Waals surface area contributed by atoms with E-state index in [1.165, 1.54) is 0 Å². The van der Waals surface area contributed by atoms with Crippen LogP contribution in [0.4, 0.5) is 5.82 Å². The Bertz CT molecular complexity index is 551. The third-order valence-electron chi connectivity index (χ3n) is 2.80. The number of nitrogens with zero attached hydrogens (tertiary/aromatic N) is 3. The predicted octanol–water partition coefficient (Wildman–Crippen LogP) is 1.70. The van der Waals surface area contributed by atoms with Crippen molar-refractivity contribution in [1.29, 1.82) is 0 Å². The summed E-state index contributed by atoms with van der Waals surface area (Å²) in [6.45, 7) is 4.36. The minimum absolute atomic E-state index is 0.0173. The molecule has 19 heavy (non-hydrogen) atoms. The molecule has 1 aromatic carbocycles. The lowest BCUT2D eigenvalue weighted by Crippen LogP contribution is -2.37. The van der Waals surface area contributed by atoms with Crippen molar-refractivity contribution >= 4 is 11.7 Å². The summed E-state index contributed by atoms with van der Waals surface area (Å²) in [7, 11) is 0. The summed E-state index contributed by atoms with van der Waals surface area (Å²) < 4.78 is 4.47. The first-order chi connectivity index (χ1) is 9.09.